The molecular formula is C29H27N5O6S2. The van der Waals surface area contributed by atoms with Crippen LogP contribution in [0.15, 0.2) is 126 Å². The van der Waals surface area contributed by atoms with Crippen LogP contribution in [0.2, 0.25) is 0 Å². The minimum Gasteiger partial charge on any atom is -0.397 e. The van der Waals surface area contributed by atoms with Gasteiger partial charge in [0.2, 0.25) is 5.91 Å². The number of nitrogens with two attached hydrogens (primary N) is 1. The van der Waals surface area contributed by atoms with Gasteiger partial charge in [0, 0.05) is 37.3 Å². The van der Waals surface area contributed by atoms with Gasteiger partial charge in [-0.2, -0.15) is 13.5 Å². The smallest absolute Gasteiger partial charge is 0.294 e. The number of anilines is 2. The predicted octanol–water partition coefficient (Wildman–Crippen LogP) is 4.29. The van der Waals surface area contributed by atoms with E-state index < -0.39 is 20.1 Å². The average molecular weight is 606 g/mol. The fourth-order valence-electron chi connectivity index (χ4n) is 3.70. The number of para-hydroxylation sites is 2. The molecule has 0 spiro atoms. The van der Waals surface area contributed by atoms with E-state index in [1.807, 2.05) is 13.2 Å². The van der Waals surface area contributed by atoms with Crippen LogP contribution in [-0.4, -0.2) is 41.0 Å². The van der Waals surface area contributed by atoms with Gasteiger partial charge in [0.1, 0.15) is 0 Å². The first-order valence-corrected chi connectivity index (χ1v) is 15.2. The molecule has 3 aromatic carbocycles. The van der Waals surface area contributed by atoms with Crippen LogP contribution in [0.4, 0.5) is 11.4 Å². The largest absolute Gasteiger partial charge is 0.397 e. The summed E-state index contributed by atoms with van der Waals surface area (Å²) in [6.07, 6.45) is 9.32. The van der Waals surface area contributed by atoms with E-state index >= 15 is 0 Å². The van der Waals surface area contributed by atoms with E-state index in [9.17, 15) is 21.6 Å². The van der Waals surface area contributed by atoms with Crippen molar-refractivity contribution in [2.45, 2.75) is 9.79 Å². The molecule has 0 saturated carbocycles. The van der Waals surface area contributed by atoms with E-state index in [1.54, 1.807) is 83.7 Å². The van der Waals surface area contributed by atoms with Gasteiger partial charge in [-0.3, -0.25) is 14.0 Å². The summed E-state index contributed by atoms with van der Waals surface area (Å²) in [5.41, 5.74) is 9.13. The van der Waals surface area contributed by atoms with Crippen LogP contribution in [0, 0.1) is 0 Å². The highest BCUT2D eigenvalue weighted by molar-refractivity contribution is 7.90. The standard InChI is InChI=1S/C23H21N5O3S.C6H6O3S/c1-27-16-19(14-25-27)18-7-9-20(10-8-18)32(30,31)28-13-12-17(15-28)6-11-23(29)26-22-5-3-2-4-21(22)24;7-10(8,9)6-4-2-1-3-5-6/h2-16H,24H2,1H3,(H,26,29);1-5H,(H,7,8,9)/b11-6+;. The number of nitrogen functional groups attached to an aromatic ring is 1. The second kappa shape index (κ2) is 12.7. The summed E-state index contributed by atoms with van der Waals surface area (Å²) in [5, 5.41) is 6.81. The Morgan fingerprint density at radius 3 is 2.12 bits per heavy atom. The van der Waals surface area contributed by atoms with Gasteiger partial charge in [-0.15, -0.1) is 0 Å². The fourth-order valence-corrected chi connectivity index (χ4v) is 5.41. The zero-order valence-corrected chi connectivity index (χ0v) is 23.9. The maximum Gasteiger partial charge on any atom is 0.294 e. The quantitative estimate of drug-likeness (QED) is 0.140. The van der Waals surface area contributed by atoms with Crippen molar-refractivity contribution in [1.29, 1.82) is 0 Å². The van der Waals surface area contributed by atoms with Crippen molar-refractivity contribution in [3.63, 3.8) is 0 Å². The lowest BCUT2D eigenvalue weighted by Gasteiger charge is -2.06. The molecule has 2 heterocycles. The van der Waals surface area contributed by atoms with E-state index in [0.29, 0.717) is 16.9 Å². The Balaban J connectivity index is 0.000000343. The summed E-state index contributed by atoms with van der Waals surface area (Å²) in [5.74, 6) is -0.371. The van der Waals surface area contributed by atoms with E-state index in [2.05, 4.69) is 10.4 Å². The molecule has 4 N–H and O–H groups in total. The molecule has 0 aliphatic carbocycles. The van der Waals surface area contributed by atoms with Gasteiger partial charge in [0.05, 0.1) is 27.4 Å². The highest BCUT2D eigenvalue weighted by Gasteiger charge is 2.17. The van der Waals surface area contributed by atoms with Gasteiger partial charge < -0.3 is 11.1 Å². The van der Waals surface area contributed by atoms with E-state index in [-0.39, 0.29) is 15.7 Å². The van der Waals surface area contributed by atoms with Gasteiger partial charge in [0.25, 0.3) is 20.1 Å². The van der Waals surface area contributed by atoms with Crippen molar-refractivity contribution >= 4 is 43.5 Å². The summed E-state index contributed by atoms with van der Waals surface area (Å²) >= 11 is 0. The summed E-state index contributed by atoms with van der Waals surface area (Å²) in [6.45, 7) is 0. The third kappa shape index (κ3) is 7.60. The summed E-state index contributed by atoms with van der Waals surface area (Å²) in [6, 6.07) is 22.6. The summed E-state index contributed by atoms with van der Waals surface area (Å²) in [4.78, 5) is 12.2. The number of rotatable bonds is 7. The second-order valence-corrected chi connectivity index (χ2v) is 12.2. The molecule has 5 aromatic rings. The van der Waals surface area contributed by atoms with Crippen molar-refractivity contribution in [3.05, 3.63) is 121 Å². The molecule has 2 aromatic heterocycles. The highest BCUT2D eigenvalue weighted by atomic mass is 32.2. The van der Waals surface area contributed by atoms with Gasteiger partial charge in [-0.1, -0.05) is 42.5 Å². The molecule has 0 fully saturated rings. The van der Waals surface area contributed by atoms with Crippen LogP contribution in [0.3, 0.4) is 0 Å². The minimum atomic E-state index is -4.00. The molecule has 0 aliphatic rings. The van der Waals surface area contributed by atoms with Crippen molar-refractivity contribution in [3.8, 4) is 11.1 Å². The van der Waals surface area contributed by atoms with Crippen LogP contribution in [0.1, 0.15) is 5.56 Å². The van der Waals surface area contributed by atoms with Crippen LogP contribution in [0.5, 0.6) is 0 Å². The molecule has 1 amide bonds. The first-order chi connectivity index (χ1) is 19.9. The summed E-state index contributed by atoms with van der Waals surface area (Å²) in [7, 11) is -5.94. The Labute approximate surface area is 243 Å². The third-order valence-electron chi connectivity index (χ3n) is 5.85. The molecule has 5 rings (SSSR count). The van der Waals surface area contributed by atoms with Crippen molar-refractivity contribution in [1.82, 2.24) is 13.8 Å². The van der Waals surface area contributed by atoms with E-state index in [4.69, 9.17) is 10.3 Å². The normalized spacial score (nSPS) is 11.6. The molecule has 13 heteroatoms. The Kier molecular flexibility index (Phi) is 9.06. The number of amides is 1. The number of benzene rings is 3. The highest BCUT2D eigenvalue weighted by Crippen LogP contribution is 2.23. The maximum absolute atomic E-state index is 12.9. The topological polar surface area (TPSA) is 166 Å². The SMILES string of the molecule is Cn1cc(-c2ccc(S(=O)(=O)n3ccc(/C=C/C(=O)Nc4ccccc4N)c3)cc2)cn1.O=S(=O)(O)c1ccccc1. The monoisotopic (exact) mass is 605 g/mol. The number of hydrogen-bond acceptors (Lipinski definition) is 7. The zero-order chi connectivity index (χ0) is 30.3. The number of nitrogens with one attached hydrogen (secondary N) is 1. The lowest BCUT2D eigenvalue weighted by Crippen LogP contribution is -2.10. The van der Waals surface area contributed by atoms with Gasteiger partial charge in [-0.25, -0.2) is 12.4 Å². The van der Waals surface area contributed by atoms with Crippen molar-refractivity contribution < 1.29 is 26.2 Å². The Morgan fingerprint density at radius 1 is 0.857 bits per heavy atom. The van der Waals surface area contributed by atoms with E-state index in [1.165, 1.54) is 36.7 Å². The molecule has 0 atom stereocenters. The lowest BCUT2D eigenvalue weighted by atomic mass is 10.1. The molecule has 0 aliphatic heterocycles. The Bertz CT molecular complexity index is 1930. The first-order valence-electron chi connectivity index (χ1n) is 12.3. The van der Waals surface area contributed by atoms with E-state index in [0.717, 1.165) is 15.1 Å². The molecule has 42 heavy (non-hydrogen) atoms. The first kappa shape index (κ1) is 30.0. The fraction of sp³-hybridized carbons (Fsp3) is 0.0345. The second-order valence-electron chi connectivity index (χ2n) is 8.90. The number of nitrogens with zero attached hydrogens (tertiary/aromatic N) is 3. The molecule has 0 unspecified atom stereocenters. The van der Waals surface area contributed by atoms with Crippen LogP contribution in [0.25, 0.3) is 17.2 Å². The zero-order valence-electron chi connectivity index (χ0n) is 22.3. The molecule has 0 saturated heterocycles. The van der Waals surface area contributed by atoms with Crippen LogP contribution >= 0.6 is 0 Å². The van der Waals surface area contributed by atoms with Crippen LogP contribution in [-0.2, 0) is 32.0 Å². The minimum absolute atomic E-state index is 0.0741. The summed E-state index contributed by atoms with van der Waals surface area (Å²) < 4.78 is 57.9. The number of hydrogen-bond donors (Lipinski definition) is 3. The molecular weight excluding hydrogens is 578 g/mol. The average Bonchev–Trinajstić information content (AvgIpc) is 3.63. The van der Waals surface area contributed by atoms with Gasteiger partial charge >= 0.3 is 0 Å². The van der Waals surface area contributed by atoms with Crippen molar-refractivity contribution in [2.24, 2.45) is 7.05 Å². The predicted molar refractivity (Wildman–Crippen MR) is 160 cm³/mol. The number of carbonyl (C=O) groups excluding carboxylic acids is 1. The maximum atomic E-state index is 12.9. The lowest BCUT2D eigenvalue weighted by molar-refractivity contribution is -0.111. The van der Waals surface area contributed by atoms with Gasteiger partial charge in [-0.05, 0) is 59.7 Å². The van der Waals surface area contributed by atoms with Crippen LogP contribution < -0.4 is 11.1 Å². The molecule has 0 radical (unpaired) electrons. The Hall–Kier alpha value is -4.98. The number of carbonyl (C=O) groups is 1. The number of aryl methyl sites for hydroxylation is 1. The molecule has 0 bridgehead atoms. The Morgan fingerprint density at radius 2 is 1.52 bits per heavy atom. The molecule has 216 valence electrons. The van der Waals surface area contributed by atoms with Crippen molar-refractivity contribution in [2.75, 3.05) is 11.1 Å². The third-order valence-corrected chi connectivity index (χ3v) is 8.36. The number of aromatic nitrogens is 3. The van der Waals surface area contributed by atoms with Gasteiger partial charge in [0.15, 0.2) is 0 Å². The molecule has 11 nitrogen and oxygen atoms in total.